The molecule has 3 rings (SSSR count). The van der Waals surface area contributed by atoms with Gasteiger partial charge >= 0.3 is 5.97 Å². The van der Waals surface area contributed by atoms with E-state index in [2.05, 4.69) is 6.92 Å². The van der Waals surface area contributed by atoms with Gasteiger partial charge in [-0.25, -0.2) is 8.78 Å². The lowest BCUT2D eigenvalue weighted by atomic mass is 9.92. The number of carbonyl (C=O) groups excluding carboxylic acids is 2. The molecule has 1 amide bonds. The molecule has 7 heteroatoms. The molecule has 1 atom stereocenters. The third-order valence-electron chi connectivity index (χ3n) is 7.89. The van der Waals surface area contributed by atoms with Gasteiger partial charge in [-0.2, -0.15) is 0 Å². The maximum Gasteiger partial charge on any atom is 0.304 e. The number of halogens is 2. The molecule has 1 saturated heterocycles. The Morgan fingerprint density at radius 1 is 0.795 bits per heavy atom. The second-order valence-electron chi connectivity index (χ2n) is 11.5. The second-order valence-corrected chi connectivity index (χ2v) is 11.5. The van der Waals surface area contributed by atoms with Gasteiger partial charge in [0.25, 0.3) is 0 Å². The van der Waals surface area contributed by atoms with Gasteiger partial charge in [-0.1, -0.05) is 113 Å². The molecule has 5 nitrogen and oxygen atoms in total. The van der Waals surface area contributed by atoms with Gasteiger partial charge in [-0.15, -0.1) is 0 Å². The van der Waals surface area contributed by atoms with Crippen LogP contribution in [0.15, 0.2) is 71.8 Å². The van der Waals surface area contributed by atoms with Crippen LogP contribution in [0.3, 0.4) is 0 Å². The number of hydrogen-bond acceptors (Lipinski definition) is 3. The van der Waals surface area contributed by atoms with Crippen molar-refractivity contribution in [2.24, 2.45) is 5.92 Å². The summed E-state index contributed by atoms with van der Waals surface area (Å²) in [6, 6.07) is 12.0. The number of piperidine rings is 1. The zero-order valence-electron chi connectivity index (χ0n) is 25.8. The van der Waals surface area contributed by atoms with Crippen LogP contribution in [0.2, 0.25) is 0 Å². The lowest BCUT2D eigenvalue weighted by Gasteiger charge is -2.32. The Bertz CT molecular complexity index is 1280. The van der Waals surface area contributed by atoms with E-state index in [1.54, 1.807) is 18.2 Å². The van der Waals surface area contributed by atoms with E-state index >= 15 is 0 Å². The average Bonchev–Trinajstić information content (AvgIpc) is 3.00. The number of ketones is 1. The van der Waals surface area contributed by atoms with Crippen molar-refractivity contribution in [2.75, 3.05) is 13.1 Å². The van der Waals surface area contributed by atoms with Crippen LogP contribution in [0.1, 0.15) is 95.1 Å². The van der Waals surface area contributed by atoms with Crippen molar-refractivity contribution in [1.82, 2.24) is 4.90 Å². The summed E-state index contributed by atoms with van der Waals surface area (Å²) >= 11 is 0. The highest BCUT2D eigenvalue weighted by molar-refractivity contribution is 6.15. The SMILES string of the molecule is CCCCCCCCCCCCC=CC(CC(=O)O)C(=O)N1CC(=Cc2ccccc2F)C(=O)C(=Cc2ccccc2F)C1. The van der Waals surface area contributed by atoms with Crippen LogP contribution in [0.4, 0.5) is 8.78 Å². The molecular weight excluding hydrogens is 560 g/mol. The summed E-state index contributed by atoms with van der Waals surface area (Å²) in [7, 11) is 0. The molecule has 2 aromatic rings. The van der Waals surface area contributed by atoms with Crippen molar-refractivity contribution in [1.29, 1.82) is 0 Å². The van der Waals surface area contributed by atoms with Crippen LogP contribution in [0.25, 0.3) is 12.2 Å². The van der Waals surface area contributed by atoms with Gasteiger partial charge in [-0.3, -0.25) is 14.4 Å². The average molecular weight is 606 g/mol. The number of carboxylic acid groups (broad SMARTS) is 1. The summed E-state index contributed by atoms with van der Waals surface area (Å²) in [4.78, 5) is 40.2. The molecule has 1 fully saturated rings. The molecule has 0 radical (unpaired) electrons. The Hall–Kier alpha value is -3.87. The normalized spacial score (nSPS) is 16.2. The first-order chi connectivity index (χ1) is 21.3. The van der Waals surface area contributed by atoms with E-state index in [1.807, 2.05) is 6.08 Å². The van der Waals surface area contributed by atoms with E-state index in [4.69, 9.17) is 0 Å². The number of aliphatic carboxylic acids is 1. The molecule has 0 bridgehead atoms. The number of nitrogens with zero attached hydrogens (tertiary/aromatic N) is 1. The number of carboxylic acids is 1. The number of amides is 1. The second kappa shape index (κ2) is 18.7. The maximum atomic E-state index is 14.5. The number of allylic oxidation sites excluding steroid dienone is 1. The van der Waals surface area contributed by atoms with Crippen LogP contribution >= 0.6 is 0 Å². The van der Waals surface area contributed by atoms with Crippen LogP contribution in [-0.2, 0) is 14.4 Å². The smallest absolute Gasteiger partial charge is 0.304 e. The Kier molecular flexibility index (Phi) is 14.7. The van der Waals surface area contributed by atoms with E-state index in [-0.39, 0.29) is 35.4 Å². The minimum Gasteiger partial charge on any atom is -0.481 e. The summed E-state index contributed by atoms with van der Waals surface area (Å²) in [5, 5.41) is 9.55. The van der Waals surface area contributed by atoms with Crippen molar-refractivity contribution in [2.45, 2.75) is 84.0 Å². The molecule has 1 N–H and O–H groups in total. The van der Waals surface area contributed by atoms with Gasteiger partial charge in [0.05, 0.1) is 12.3 Å². The van der Waals surface area contributed by atoms with E-state index in [9.17, 15) is 28.3 Å². The predicted molar refractivity (Wildman–Crippen MR) is 172 cm³/mol. The topological polar surface area (TPSA) is 74.7 Å². The standard InChI is InChI=1S/C37H45F2NO4/c1-2-3-4-5-6-7-8-9-10-11-12-13-20-30(25-35(41)42)37(44)40-26-31(23-28-18-14-16-21-33(28)38)36(43)32(27-40)24-29-19-15-17-22-34(29)39/h13-24,30H,2-12,25-27H2,1H3,(H,41,42). The maximum absolute atomic E-state index is 14.5. The summed E-state index contributed by atoms with van der Waals surface area (Å²) in [6.07, 6.45) is 18.8. The summed E-state index contributed by atoms with van der Waals surface area (Å²) in [5.74, 6) is -3.92. The highest BCUT2D eigenvalue weighted by Crippen LogP contribution is 2.26. The number of hydrogen-bond donors (Lipinski definition) is 1. The van der Waals surface area contributed by atoms with Crippen LogP contribution < -0.4 is 0 Å². The molecule has 1 aliphatic rings. The summed E-state index contributed by atoms with van der Waals surface area (Å²) in [6.45, 7) is 2.00. The minimum absolute atomic E-state index is 0.108. The van der Waals surface area contributed by atoms with Gasteiger partial charge in [-0.05, 0) is 37.1 Å². The van der Waals surface area contributed by atoms with Gasteiger partial charge < -0.3 is 10.0 Å². The number of unbranched alkanes of at least 4 members (excludes halogenated alkanes) is 10. The Morgan fingerprint density at radius 2 is 1.27 bits per heavy atom. The Balaban J connectivity index is 1.71. The number of likely N-dealkylation sites (tertiary alicyclic amines) is 1. The zero-order chi connectivity index (χ0) is 31.7. The zero-order valence-corrected chi connectivity index (χ0v) is 25.8. The van der Waals surface area contributed by atoms with E-state index in [0.29, 0.717) is 0 Å². The van der Waals surface area contributed by atoms with Crippen LogP contribution in [0.5, 0.6) is 0 Å². The first-order valence-corrected chi connectivity index (χ1v) is 15.9. The molecule has 1 unspecified atom stereocenters. The fourth-order valence-electron chi connectivity index (χ4n) is 5.43. The Morgan fingerprint density at radius 3 is 1.75 bits per heavy atom. The van der Waals surface area contributed by atoms with Crippen LogP contribution in [-0.4, -0.2) is 40.8 Å². The minimum atomic E-state index is -1.11. The van der Waals surface area contributed by atoms with Crippen molar-refractivity contribution < 1.29 is 28.3 Å². The highest BCUT2D eigenvalue weighted by atomic mass is 19.1. The van der Waals surface area contributed by atoms with Crippen molar-refractivity contribution in [3.05, 3.63) is 94.6 Å². The molecule has 0 aliphatic carbocycles. The van der Waals surface area contributed by atoms with E-state index < -0.39 is 41.6 Å². The fraction of sp³-hybridized carbons (Fsp3) is 0.432. The lowest BCUT2D eigenvalue weighted by Crippen LogP contribution is -2.44. The molecule has 0 spiro atoms. The molecule has 236 valence electrons. The number of Topliss-reactive ketones (excluding diaryl/α,β-unsaturated/α-hetero) is 1. The largest absolute Gasteiger partial charge is 0.481 e. The number of rotatable bonds is 17. The van der Waals surface area contributed by atoms with Crippen molar-refractivity contribution in [3.63, 3.8) is 0 Å². The molecular formula is C37H45F2NO4. The third-order valence-corrected chi connectivity index (χ3v) is 7.89. The van der Waals surface area contributed by atoms with Gasteiger partial charge in [0.1, 0.15) is 11.6 Å². The molecule has 2 aromatic carbocycles. The molecule has 44 heavy (non-hydrogen) atoms. The van der Waals surface area contributed by atoms with Gasteiger partial charge in [0.15, 0.2) is 5.78 Å². The van der Waals surface area contributed by atoms with E-state index in [1.165, 1.54) is 98.4 Å². The third kappa shape index (κ3) is 11.3. The molecule has 1 aliphatic heterocycles. The number of carbonyl (C=O) groups is 3. The first-order valence-electron chi connectivity index (χ1n) is 15.9. The molecule has 0 aromatic heterocycles. The Labute approximate surface area is 260 Å². The van der Waals surface area contributed by atoms with Crippen molar-refractivity contribution >= 4 is 29.8 Å². The highest BCUT2D eigenvalue weighted by Gasteiger charge is 2.33. The quantitative estimate of drug-likeness (QED) is 0.111. The van der Waals surface area contributed by atoms with Gasteiger partial charge in [0, 0.05) is 35.4 Å². The van der Waals surface area contributed by atoms with E-state index in [0.717, 1.165) is 25.7 Å². The van der Waals surface area contributed by atoms with Crippen LogP contribution in [0, 0.1) is 17.6 Å². The predicted octanol–water partition coefficient (Wildman–Crippen LogP) is 8.80. The molecule has 0 saturated carbocycles. The van der Waals surface area contributed by atoms with Gasteiger partial charge in [0.2, 0.25) is 5.91 Å². The number of benzene rings is 2. The first kappa shape index (κ1) is 34.6. The van der Waals surface area contributed by atoms with Crippen molar-refractivity contribution in [3.8, 4) is 0 Å². The molecule has 1 heterocycles. The lowest BCUT2D eigenvalue weighted by molar-refractivity contribution is -0.143. The fourth-order valence-corrected chi connectivity index (χ4v) is 5.43. The monoisotopic (exact) mass is 605 g/mol. The summed E-state index contributed by atoms with van der Waals surface area (Å²) < 4.78 is 28.9. The summed E-state index contributed by atoms with van der Waals surface area (Å²) in [5.41, 5.74) is 0.712.